The smallest absolute Gasteiger partial charge is 0.323 e. The van der Waals surface area contributed by atoms with E-state index in [-0.39, 0.29) is 18.1 Å². The van der Waals surface area contributed by atoms with Gasteiger partial charge in [-0.15, -0.1) is 0 Å². The highest BCUT2D eigenvalue weighted by Gasteiger charge is 2.39. The van der Waals surface area contributed by atoms with Gasteiger partial charge in [0.05, 0.1) is 13.3 Å². The molecule has 5 nitrogen and oxygen atoms in total. The molecular weight excluding hydrogens is 278 g/mol. The van der Waals surface area contributed by atoms with E-state index < -0.39 is 0 Å². The van der Waals surface area contributed by atoms with Crippen molar-refractivity contribution >= 4 is 5.97 Å². The Balaban J connectivity index is 1.87. The number of carbonyl (C=O) groups excluding carboxylic acids is 1. The number of rotatable bonds is 4. The van der Waals surface area contributed by atoms with Crippen LogP contribution < -0.4 is 0 Å². The van der Waals surface area contributed by atoms with E-state index in [0.29, 0.717) is 6.54 Å². The zero-order chi connectivity index (χ0) is 15.5. The summed E-state index contributed by atoms with van der Waals surface area (Å²) in [5, 5.41) is 4.22. The normalized spacial score (nSPS) is 21.9. The molecule has 2 heterocycles. The molecule has 2 atom stereocenters. The molecule has 2 aromatic rings. The van der Waals surface area contributed by atoms with Crippen LogP contribution in [0.2, 0.25) is 0 Å². The monoisotopic (exact) mass is 299 g/mol. The summed E-state index contributed by atoms with van der Waals surface area (Å²) in [4.78, 5) is 14.3. The van der Waals surface area contributed by atoms with Gasteiger partial charge in [-0.1, -0.05) is 30.3 Å². The number of likely N-dealkylation sites (tertiary alicyclic amines) is 1. The average Bonchev–Trinajstić information content (AvgIpc) is 3.14. The maximum absolute atomic E-state index is 12.1. The summed E-state index contributed by atoms with van der Waals surface area (Å²) in [7, 11) is 3.36. The minimum atomic E-state index is -0.185. The van der Waals surface area contributed by atoms with Crippen LogP contribution in [0.5, 0.6) is 0 Å². The summed E-state index contributed by atoms with van der Waals surface area (Å²) >= 11 is 0. The predicted octanol–water partition coefficient (Wildman–Crippen LogP) is 2.30. The van der Waals surface area contributed by atoms with Crippen molar-refractivity contribution in [3.8, 4) is 0 Å². The quantitative estimate of drug-likeness (QED) is 0.813. The van der Waals surface area contributed by atoms with Crippen LogP contribution in [0.1, 0.15) is 30.0 Å². The molecule has 0 amide bonds. The Hall–Kier alpha value is -2.14. The second-order valence-corrected chi connectivity index (χ2v) is 5.74. The van der Waals surface area contributed by atoms with Crippen LogP contribution in [0.4, 0.5) is 0 Å². The first-order valence-corrected chi connectivity index (χ1v) is 7.55. The SMILES string of the molecule is COC(=O)[C@@H]1CC[C@@H](c2ccccc2)N1Cc1cnn(C)c1. The molecule has 1 saturated heterocycles. The second-order valence-electron chi connectivity index (χ2n) is 5.74. The Morgan fingerprint density at radius 2 is 2.09 bits per heavy atom. The number of aromatic nitrogens is 2. The number of carbonyl (C=O) groups is 1. The minimum absolute atomic E-state index is 0.151. The van der Waals surface area contributed by atoms with Crippen molar-refractivity contribution in [3.63, 3.8) is 0 Å². The molecule has 0 unspecified atom stereocenters. The highest BCUT2D eigenvalue weighted by Crippen LogP contribution is 2.37. The van der Waals surface area contributed by atoms with Crippen molar-refractivity contribution in [2.45, 2.75) is 31.5 Å². The molecule has 0 aliphatic carbocycles. The molecule has 116 valence electrons. The molecule has 0 spiro atoms. The van der Waals surface area contributed by atoms with Crippen LogP contribution in [0.25, 0.3) is 0 Å². The molecule has 5 heteroatoms. The van der Waals surface area contributed by atoms with Gasteiger partial charge in [0, 0.05) is 31.4 Å². The first-order chi connectivity index (χ1) is 10.7. The number of esters is 1. The molecule has 1 aliphatic rings. The average molecular weight is 299 g/mol. The molecule has 1 aromatic carbocycles. The van der Waals surface area contributed by atoms with Crippen LogP contribution in [0, 0.1) is 0 Å². The van der Waals surface area contributed by atoms with Gasteiger partial charge in [-0.2, -0.15) is 5.10 Å². The first-order valence-electron chi connectivity index (χ1n) is 7.55. The topological polar surface area (TPSA) is 47.4 Å². The lowest BCUT2D eigenvalue weighted by molar-refractivity contribution is -0.146. The van der Waals surface area contributed by atoms with Crippen molar-refractivity contribution in [2.75, 3.05) is 7.11 Å². The van der Waals surface area contributed by atoms with Crippen LogP contribution in [-0.4, -0.2) is 33.8 Å². The Morgan fingerprint density at radius 3 is 2.73 bits per heavy atom. The van der Waals surface area contributed by atoms with Gasteiger partial charge in [0.15, 0.2) is 0 Å². The molecule has 0 radical (unpaired) electrons. The molecule has 3 rings (SSSR count). The lowest BCUT2D eigenvalue weighted by atomic mass is 10.0. The third-order valence-electron chi connectivity index (χ3n) is 4.30. The number of nitrogens with zero attached hydrogens (tertiary/aromatic N) is 3. The Labute approximate surface area is 130 Å². The summed E-state index contributed by atoms with van der Waals surface area (Å²) in [5.41, 5.74) is 2.36. The molecular formula is C17H21N3O2. The van der Waals surface area contributed by atoms with Gasteiger partial charge in [-0.05, 0) is 18.4 Å². The second kappa shape index (κ2) is 6.32. The summed E-state index contributed by atoms with van der Waals surface area (Å²) in [6.45, 7) is 0.702. The summed E-state index contributed by atoms with van der Waals surface area (Å²) in [5.74, 6) is -0.151. The van der Waals surface area contributed by atoms with Crippen LogP contribution in [0.15, 0.2) is 42.7 Å². The Kier molecular flexibility index (Phi) is 4.24. The predicted molar refractivity (Wildman–Crippen MR) is 83.0 cm³/mol. The van der Waals surface area contributed by atoms with Crippen LogP contribution in [0.3, 0.4) is 0 Å². The maximum Gasteiger partial charge on any atom is 0.323 e. The fourth-order valence-corrected chi connectivity index (χ4v) is 3.27. The van der Waals surface area contributed by atoms with Crippen molar-refractivity contribution in [1.29, 1.82) is 0 Å². The third-order valence-corrected chi connectivity index (χ3v) is 4.30. The van der Waals surface area contributed by atoms with Crippen molar-refractivity contribution in [3.05, 3.63) is 53.9 Å². The van der Waals surface area contributed by atoms with E-state index in [9.17, 15) is 4.79 Å². The molecule has 0 bridgehead atoms. The summed E-state index contributed by atoms with van der Waals surface area (Å²) < 4.78 is 6.78. The van der Waals surface area contributed by atoms with Gasteiger partial charge >= 0.3 is 5.97 Å². The zero-order valence-electron chi connectivity index (χ0n) is 13.0. The lowest BCUT2D eigenvalue weighted by Crippen LogP contribution is -2.37. The van der Waals surface area contributed by atoms with Gasteiger partial charge in [-0.25, -0.2) is 0 Å². The molecule has 22 heavy (non-hydrogen) atoms. The number of ether oxygens (including phenoxy) is 1. The van der Waals surface area contributed by atoms with Gasteiger partial charge in [-0.3, -0.25) is 14.4 Å². The summed E-state index contributed by atoms with van der Waals surface area (Å²) in [6.07, 6.45) is 5.64. The third kappa shape index (κ3) is 2.90. The van der Waals surface area contributed by atoms with E-state index in [1.165, 1.54) is 12.7 Å². The van der Waals surface area contributed by atoms with Gasteiger partial charge < -0.3 is 4.74 Å². The largest absolute Gasteiger partial charge is 0.468 e. The first kappa shape index (κ1) is 14.8. The molecule has 0 saturated carbocycles. The molecule has 1 fully saturated rings. The Morgan fingerprint density at radius 1 is 1.32 bits per heavy atom. The molecule has 1 aromatic heterocycles. The lowest BCUT2D eigenvalue weighted by Gasteiger charge is -2.28. The number of aryl methyl sites for hydroxylation is 1. The van der Waals surface area contributed by atoms with Crippen LogP contribution in [-0.2, 0) is 23.1 Å². The van der Waals surface area contributed by atoms with Crippen LogP contribution >= 0.6 is 0 Å². The number of benzene rings is 1. The van der Waals surface area contributed by atoms with E-state index in [1.807, 2.05) is 37.6 Å². The standard InChI is InChI=1S/C17H21N3O2/c1-19-11-13(10-18-19)12-20-15(14-6-4-3-5-7-14)8-9-16(20)17(21)22-2/h3-7,10-11,15-16H,8-9,12H2,1-2H3/t15-,16-/m0/s1. The highest BCUT2D eigenvalue weighted by molar-refractivity contribution is 5.76. The number of methoxy groups -OCH3 is 1. The van der Waals surface area contributed by atoms with Crippen molar-refractivity contribution < 1.29 is 9.53 Å². The van der Waals surface area contributed by atoms with Gasteiger partial charge in [0.25, 0.3) is 0 Å². The zero-order valence-corrected chi connectivity index (χ0v) is 13.0. The Bertz CT molecular complexity index is 638. The number of hydrogen-bond donors (Lipinski definition) is 0. The highest BCUT2D eigenvalue weighted by atomic mass is 16.5. The van der Waals surface area contributed by atoms with Gasteiger partial charge in [0.1, 0.15) is 6.04 Å². The molecule has 0 N–H and O–H groups in total. The molecule has 1 aliphatic heterocycles. The van der Waals surface area contributed by atoms with E-state index in [1.54, 1.807) is 4.68 Å². The summed E-state index contributed by atoms with van der Waals surface area (Å²) in [6, 6.07) is 10.4. The minimum Gasteiger partial charge on any atom is -0.468 e. The van der Waals surface area contributed by atoms with Crippen molar-refractivity contribution in [1.82, 2.24) is 14.7 Å². The van der Waals surface area contributed by atoms with E-state index in [0.717, 1.165) is 18.4 Å². The van der Waals surface area contributed by atoms with E-state index >= 15 is 0 Å². The van der Waals surface area contributed by atoms with E-state index in [2.05, 4.69) is 22.1 Å². The van der Waals surface area contributed by atoms with E-state index in [4.69, 9.17) is 4.74 Å². The van der Waals surface area contributed by atoms with Crippen molar-refractivity contribution in [2.24, 2.45) is 7.05 Å². The fraction of sp³-hybridized carbons (Fsp3) is 0.412. The fourth-order valence-electron chi connectivity index (χ4n) is 3.27. The number of hydrogen-bond acceptors (Lipinski definition) is 4. The maximum atomic E-state index is 12.1. The van der Waals surface area contributed by atoms with Gasteiger partial charge in [0.2, 0.25) is 0 Å².